The summed E-state index contributed by atoms with van der Waals surface area (Å²) < 4.78 is 24.3. The van der Waals surface area contributed by atoms with Crippen LogP contribution in [0.5, 0.6) is 0 Å². The van der Waals surface area contributed by atoms with Crippen LogP contribution in [-0.2, 0) is 0 Å². The molecule has 1 rings (SSSR count). The van der Waals surface area contributed by atoms with E-state index in [0.29, 0.717) is 0 Å². The molecule has 0 aromatic heterocycles. The zero-order valence-corrected chi connectivity index (χ0v) is 5.80. The van der Waals surface area contributed by atoms with Gasteiger partial charge in [-0.1, -0.05) is 12.1 Å². The van der Waals surface area contributed by atoms with Crippen molar-refractivity contribution >= 4 is 0 Å². The lowest BCUT2D eigenvalue weighted by Gasteiger charge is -2.04. The van der Waals surface area contributed by atoms with E-state index in [0.717, 1.165) is 6.07 Å². The van der Waals surface area contributed by atoms with Crippen LogP contribution in [0.15, 0.2) is 24.3 Å². The predicted molar refractivity (Wildman–Crippen MR) is 37.3 cm³/mol. The number of benzene rings is 1. The molecular weight excluding hydrogens is 150 g/mol. The van der Waals surface area contributed by atoms with Gasteiger partial charge < -0.3 is 5.11 Å². The van der Waals surface area contributed by atoms with Crippen molar-refractivity contribution in [3.05, 3.63) is 35.6 Å². The van der Waals surface area contributed by atoms with Crippen molar-refractivity contribution < 1.29 is 13.9 Å². The van der Waals surface area contributed by atoms with Crippen molar-refractivity contribution in [1.29, 1.82) is 0 Å². The van der Waals surface area contributed by atoms with Crippen LogP contribution < -0.4 is 0 Å². The summed E-state index contributed by atoms with van der Waals surface area (Å²) in [6.07, 6.45) is -1.20. The molecule has 0 aliphatic heterocycles. The first-order valence-electron chi connectivity index (χ1n) is 3.23. The maximum absolute atomic E-state index is 12.4. The van der Waals surface area contributed by atoms with E-state index < -0.39 is 18.6 Å². The van der Waals surface area contributed by atoms with Crippen molar-refractivity contribution in [2.45, 2.75) is 6.10 Å². The molecule has 0 aliphatic carbocycles. The third kappa shape index (κ3) is 1.98. The minimum atomic E-state index is -1.20. The zero-order chi connectivity index (χ0) is 8.27. The molecule has 3 heteroatoms. The highest BCUT2D eigenvalue weighted by Crippen LogP contribution is 2.13. The molecular formula is C8H8F2O. The van der Waals surface area contributed by atoms with Gasteiger partial charge in [0.2, 0.25) is 0 Å². The fourth-order valence-electron chi connectivity index (χ4n) is 0.803. The quantitative estimate of drug-likeness (QED) is 0.696. The Morgan fingerprint density at radius 2 is 2.18 bits per heavy atom. The Hall–Kier alpha value is -0.960. The normalized spacial score (nSPS) is 13.0. The molecule has 0 spiro atoms. The van der Waals surface area contributed by atoms with E-state index in [4.69, 9.17) is 5.11 Å². The summed E-state index contributed by atoms with van der Waals surface area (Å²) in [6.45, 7) is -0.885. The number of halogens is 2. The number of aliphatic hydroxyl groups excluding tert-OH is 1. The maximum Gasteiger partial charge on any atom is 0.123 e. The van der Waals surface area contributed by atoms with Gasteiger partial charge in [0.05, 0.1) is 0 Å². The molecule has 0 bridgehead atoms. The van der Waals surface area contributed by atoms with Crippen molar-refractivity contribution in [3.63, 3.8) is 0 Å². The summed E-state index contributed by atoms with van der Waals surface area (Å²) in [7, 11) is 0. The van der Waals surface area contributed by atoms with E-state index in [1.54, 1.807) is 0 Å². The summed E-state index contributed by atoms with van der Waals surface area (Å²) in [4.78, 5) is 0. The Balaban J connectivity index is 2.86. The molecule has 0 unspecified atom stereocenters. The molecule has 0 heterocycles. The highest BCUT2D eigenvalue weighted by Gasteiger charge is 2.06. The molecule has 1 N–H and O–H groups in total. The van der Waals surface area contributed by atoms with Crippen LogP contribution in [0.2, 0.25) is 0 Å². The SMILES string of the molecule is O[C@@H](CF)c1cccc(F)c1. The maximum atomic E-state index is 12.4. The Kier molecular flexibility index (Phi) is 2.54. The van der Waals surface area contributed by atoms with Crippen LogP contribution in [0.4, 0.5) is 8.78 Å². The monoisotopic (exact) mass is 158 g/mol. The van der Waals surface area contributed by atoms with E-state index in [-0.39, 0.29) is 5.56 Å². The molecule has 1 aromatic carbocycles. The van der Waals surface area contributed by atoms with Crippen LogP contribution in [0, 0.1) is 5.82 Å². The molecule has 1 nitrogen and oxygen atoms in total. The molecule has 0 saturated heterocycles. The number of aliphatic hydroxyl groups is 1. The van der Waals surface area contributed by atoms with Gasteiger partial charge in [0.1, 0.15) is 18.6 Å². The van der Waals surface area contributed by atoms with Crippen LogP contribution in [0.1, 0.15) is 11.7 Å². The van der Waals surface area contributed by atoms with Gasteiger partial charge in [-0.25, -0.2) is 8.78 Å². The lowest BCUT2D eigenvalue weighted by atomic mass is 10.1. The van der Waals surface area contributed by atoms with E-state index in [1.807, 2.05) is 0 Å². The Morgan fingerprint density at radius 1 is 1.45 bits per heavy atom. The standard InChI is InChI=1S/C8H8F2O/c9-5-8(11)6-2-1-3-7(10)4-6/h1-4,8,11H,5H2/t8-/m0/s1. The summed E-state index contributed by atoms with van der Waals surface area (Å²) in [6, 6.07) is 5.27. The zero-order valence-electron chi connectivity index (χ0n) is 5.80. The van der Waals surface area contributed by atoms with Gasteiger partial charge >= 0.3 is 0 Å². The summed E-state index contributed by atoms with van der Waals surface area (Å²) >= 11 is 0. The van der Waals surface area contributed by atoms with Crippen LogP contribution in [0.3, 0.4) is 0 Å². The van der Waals surface area contributed by atoms with E-state index >= 15 is 0 Å². The first-order valence-corrected chi connectivity index (χ1v) is 3.23. The first kappa shape index (κ1) is 8.14. The van der Waals surface area contributed by atoms with Crippen molar-refractivity contribution in [3.8, 4) is 0 Å². The molecule has 1 atom stereocenters. The van der Waals surface area contributed by atoms with Gasteiger partial charge in [-0.2, -0.15) is 0 Å². The minimum Gasteiger partial charge on any atom is -0.386 e. The fourth-order valence-corrected chi connectivity index (χ4v) is 0.803. The number of rotatable bonds is 2. The number of hydrogen-bond acceptors (Lipinski definition) is 1. The summed E-state index contributed by atoms with van der Waals surface area (Å²) in [5, 5.41) is 8.91. The van der Waals surface area contributed by atoms with Gasteiger partial charge in [-0.3, -0.25) is 0 Å². The third-order valence-electron chi connectivity index (χ3n) is 1.38. The lowest BCUT2D eigenvalue weighted by Crippen LogP contribution is -1.98. The van der Waals surface area contributed by atoms with Crippen molar-refractivity contribution in [2.75, 3.05) is 6.67 Å². The second-order valence-electron chi connectivity index (χ2n) is 2.23. The van der Waals surface area contributed by atoms with Gasteiger partial charge in [0.15, 0.2) is 0 Å². The molecule has 0 saturated carbocycles. The topological polar surface area (TPSA) is 20.2 Å². The largest absolute Gasteiger partial charge is 0.386 e. The van der Waals surface area contributed by atoms with E-state index in [9.17, 15) is 8.78 Å². The Morgan fingerprint density at radius 3 is 2.73 bits per heavy atom. The van der Waals surface area contributed by atoms with Crippen LogP contribution in [-0.4, -0.2) is 11.8 Å². The fraction of sp³-hybridized carbons (Fsp3) is 0.250. The third-order valence-corrected chi connectivity index (χ3v) is 1.38. The average Bonchev–Trinajstić information content (AvgIpc) is 2.03. The molecule has 0 fully saturated rings. The molecule has 0 amide bonds. The van der Waals surface area contributed by atoms with E-state index in [2.05, 4.69) is 0 Å². The summed E-state index contributed by atoms with van der Waals surface area (Å²) in [5.41, 5.74) is 0.271. The minimum absolute atomic E-state index is 0.271. The van der Waals surface area contributed by atoms with Gasteiger partial charge in [0, 0.05) is 0 Å². The number of alkyl halides is 1. The summed E-state index contributed by atoms with van der Waals surface area (Å²) in [5.74, 6) is -0.463. The van der Waals surface area contributed by atoms with Gasteiger partial charge in [-0.15, -0.1) is 0 Å². The molecule has 60 valence electrons. The van der Waals surface area contributed by atoms with Gasteiger partial charge in [-0.05, 0) is 17.7 Å². The molecule has 1 aromatic rings. The van der Waals surface area contributed by atoms with Crippen molar-refractivity contribution in [1.82, 2.24) is 0 Å². The average molecular weight is 158 g/mol. The number of hydrogen-bond donors (Lipinski definition) is 1. The lowest BCUT2D eigenvalue weighted by molar-refractivity contribution is 0.141. The Bertz CT molecular complexity index is 237. The smallest absolute Gasteiger partial charge is 0.123 e. The predicted octanol–water partition coefficient (Wildman–Crippen LogP) is 1.83. The van der Waals surface area contributed by atoms with E-state index in [1.165, 1.54) is 18.2 Å². The molecule has 0 radical (unpaired) electrons. The molecule has 0 aliphatic rings. The molecule has 11 heavy (non-hydrogen) atoms. The second-order valence-corrected chi connectivity index (χ2v) is 2.23. The highest BCUT2D eigenvalue weighted by atomic mass is 19.1. The van der Waals surface area contributed by atoms with Crippen LogP contribution in [0.25, 0.3) is 0 Å². The second kappa shape index (κ2) is 3.44. The van der Waals surface area contributed by atoms with Crippen LogP contribution >= 0.6 is 0 Å². The first-order chi connectivity index (χ1) is 5.24. The van der Waals surface area contributed by atoms with Crippen molar-refractivity contribution in [2.24, 2.45) is 0 Å². The Labute approximate surface area is 63.3 Å². The van der Waals surface area contributed by atoms with Gasteiger partial charge in [0.25, 0.3) is 0 Å². The highest BCUT2D eigenvalue weighted by molar-refractivity contribution is 5.18.